The molecule has 0 atom stereocenters. The van der Waals surface area contributed by atoms with E-state index >= 15 is 0 Å². The molecule has 148 valence electrons. The zero-order valence-electron chi connectivity index (χ0n) is 17.0. The number of nitrogen functional groups attached to an aromatic ring is 1. The monoisotopic (exact) mass is 387 g/mol. The highest BCUT2D eigenvalue weighted by Crippen LogP contribution is 2.32. The van der Waals surface area contributed by atoms with Crippen molar-refractivity contribution in [1.29, 1.82) is 0 Å². The fourth-order valence-corrected chi connectivity index (χ4v) is 3.46. The van der Waals surface area contributed by atoms with Gasteiger partial charge in [0.25, 0.3) is 0 Å². The molecule has 3 aromatic heterocycles. The number of hydrogen-bond acceptors (Lipinski definition) is 6. The molecule has 2 N–H and O–H groups in total. The molecule has 0 radical (unpaired) electrons. The Kier molecular flexibility index (Phi) is 5.22. The number of anilines is 1. The van der Waals surface area contributed by atoms with Crippen LogP contribution >= 0.6 is 0 Å². The van der Waals surface area contributed by atoms with Crippen molar-refractivity contribution in [2.24, 2.45) is 0 Å². The predicted octanol–water partition coefficient (Wildman–Crippen LogP) is 3.26. The maximum atomic E-state index is 5.80. The first kappa shape index (κ1) is 19.0. The predicted molar refractivity (Wildman–Crippen MR) is 116 cm³/mol. The maximum Gasteiger partial charge on any atom is 0.222 e. The summed E-state index contributed by atoms with van der Waals surface area (Å²) in [5, 5.41) is 0. The molecule has 0 aliphatic rings. The molecule has 7 nitrogen and oxygen atoms in total. The summed E-state index contributed by atoms with van der Waals surface area (Å²) < 4.78 is 2.07. The highest BCUT2D eigenvalue weighted by Gasteiger charge is 2.17. The number of pyridine rings is 1. The molecule has 0 fully saturated rings. The van der Waals surface area contributed by atoms with Crippen LogP contribution < -0.4 is 5.73 Å². The number of aromatic nitrogens is 5. The highest BCUT2D eigenvalue weighted by molar-refractivity contribution is 5.84. The normalized spacial score (nSPS) is 11.4. The molecule has 3 heterocycles. The summed E-state index contributed by atoms with van der Waals surface area (Å²) in [6, 6.07) is 10.7. The molecule has 0 aliphatic carbocycles. The van der Waals surface area contributed by atoms with Crippen LogP contribution in [0.15, 0.2) is 48.9 Å². The molecule has 0 aliphatic heterocycles. The van der Waals surface area contributed by atoms with Gasteiger partial charge in [-0.2, -0.15) is 4.98 Å². The first-order chi connectivity index (χ1) is 14.1. The van der Waals surface area contributed by atoms with E-state index in [1.807, 2.05) is 12.3 Å². The van der Waals surface area contributed by atoms with Gasteiger partial charge in [0.2, 0.25) is 5.95 Å². The SMILES string of the molecule is CCn1c(-c2ccncc2-c2ccc(CCN(C)C)cc2)nc2cnc(N)nc21. The third kappa shape index (κ3) is 3.82. The molecule has 4 rings (SSSR count). The Bertz CT molecular complexity index is 1130. The minimum Gasteiger partial charge on any atom is -0.368 e. The van der Waals surface area contributed by atoms with Crippen LogP contribution in [0.3, 0.4) is 0 Å². The van der Waals surface area contributed by atoms with E-state index in [1.165, 1.54) is 5.56 Å². The first-order valence-corrected chi connectivity index (χ1v) is 9.74. The van der Waals surface area contributed by atoms with Gasteiger partial charge in [0.15, 0.2) is 5.65 Å². The van der Waals surface area contributed by atoms with Crippen LogP contribution in [0.4, 0.5) is 5.95 Å². The van der Waals surface area contributed by atoms with Crippen LogP contribution in [-0.2, 0) is 13.0 Å². The smallest absolute Gasteiger partial charge is 0.222 e. The molecule has 0 saturated carbocycles. The topological polar surface area (TPSA) is 85.8 Å². The molecule has 0 unspecified atom stereocenters. The molecule has 0 spiro atoms. The molecule has 0 amide bonds. The lowest BCUT2D eigenvalue weighted by Crippen LogP contribution is -2.14. The third-order valence-electron chi connectivity index (χ3n) is 5.00. The summed E-state index contributed by atoms with van der Waals surface area (Å²) in [5.41, 5.74) is 11.8. The molecular weight excluding hydrogens is 362 g/mol. The Morgan fingerprint density at radius 2 is 1.79 bits per heavy atom. The Morgan fingerprint density at radius 3 is 2.52 bits per heavy atom. The summed E-state index contributed by atoms with van der Waals surface area (Å²) in [5.74, 6) is 1.10. The van der Waals surface area contributed by atoms with E-state index in [2.05, 4.69) is 69.7 Å². The van der Waals surface area contributed by atoms with Gasteiger partial charge in [0.1, 0.15) is 11.3 Å². The molecule has 7 heteroatoms. The minimum atomic E-state index is 0.252. The van der Waals surface area contributed by atoms with Crippen LogP contribution in [-0.4, -0.2) is 50.0 Å². The molecule has 4 aromatic rings. The van der Waals surface area contributed by atoms with Crippen LogP contribution in [0, 0.1) is 0 Å². The Labute approximate surface area is 170 Å². The van der Waals surface area contributed by atoms with E-state index < -0.39 is 0 Å². The van der Waals surface area contributed by atoms with Gasteiger partial charge in [-0.05, 0) is 44.6 Å². The van der Waals surface area contributed by atoms with Crippen LogP contribution in [0.1, 0.15) is 12.5 Å². The van der Waals surface area contributed by atoms with E-state index in [0.29, 0.717) is 0 Å². The van der Waals surface area contributed by atoms with Crippen molar-refractivity contribution >= 4 is 17.1 Å². The lowest BCUT2D eigenvalue weighted by atomic mass is 9.99. The van der Waals surface area contributed by atoms with Crippen LogP contribution in [0.5, 0.6) is 0 Å². The lowest BCUT2D eigenvalue weighted by Gasteiger charge is -2.12. The fourth-order valence-electron chi connectivity index (χ4n) is 3.46. The number of hydrogen-bond donors (Lipinski definition) is 1. The molecular formula is C22H25N7. The van der Waals surface area contributed by atoms with E-state index in [-0.39, 0.29) is 5.95 Å². The second kappa shape index (κ2) is 7.97. The molecule has 1 aromatic carbocycles. The standard InChI is InChI=1S/C22H25N7/c1-4-29-20(26-19-14-25-22(23)27-21(19)29)17-9-11-24-13-18(17)16-7-5-15(6-8-16)10-12-28(2)3/h5-9,11,13-14H,4,10,12H2,1-3H3,(H2,23,25,27). The number of likely N-dealkylation sites (N-methyl/N-ethyl adjacent to an activating group) is 1. The lowest BCUT2D eigenvalue weighted by molar-refractivity contribution is 0.413. The number of benzene rings is 1. The second-order valence-electron chi connectivity index (χ2n) is 7.29. The van der Waals surface area contributed by atoms with Crippen molar-refractivity contribution in [1.82, 2.24) is 29.4 Å². The molecule has 0 saturated heterocycles. The Balaban J connectivity index is 1.77. The van der Waals surface area contributed by atoms with Gasteiger partial charge in [0, 0.05) is 36.6 Å². The molecule has 29 heavy (non-hydrogen) atoms. The van der Waals surface area contributed by atoms with Crippen molar-refractivity contribution < 1.29 is 0 Å². The van der Waals surface area contributed by atoms with Crippen molar-refractivity contribution in [2.75, 3.05) is 26.4 Å². The van der Waals surface area contributed by atoms with Gasteiger partial charge in [-0.3, -0.25) is 4.98 Å². The first-order valence-electron chi connectivity index (χ1n) is 9.74. The number of fused-ring (bicyclic) bond motifs is 1. The summed E-state index contributed by atoms with van der Waals surface area (Å²) in [4.78, 5) is 19.8. The summed E-state index contributed by atoms with van der Waals surface area (Å²) in [6.07, 6.45) is 6.39. The Hall–Kier alpha value is -3.32. The number of nitrogens with two attached hydrogens (primary N) is 1. The maximum absolute atomic E-state index is 5.80. The zero-order valence-corrected chi connectivity index (χ0v) is 17.0. The van der Waals surface area contributed by atoms with Gasteiger partial charge in [-0.15, -0.1) is 0 Å². The van der Waals surface area contributed by atoms with Crippen molar-refractivity contribution in [3.05, 3.63) is 54.5 Å². The highest BCUT2D eigenvalue weighted by atomic mass is 15.2. The van der Waals surface area contributed by atoms with Crippen molar-refractivity contribution in [3.63, 3.8) is 0 Å². The summed E-state index contributed by atoms with van der Waals surface area (Å²) in [7, 11) is 4.18. The molecule has 0 bridgehead atoms. The average molecular weight is 387 g/mol. The zero-order chi connectivity index (χ0) is 20.4. The van der Waals surface area contributed by atoms with Gasteiger partial charge in [0.05, 0.1) is 6.20 Å². The van der Waals surface area contributed by atoms with E-state index in [1.54, 1.807) is 12.4 Å². The summed E-state index contributed by atoms with van der Waals surface area (Å²) in [6.45, 7) is 3.83. The average Bonchev–Trinajstić information content (AvgIpc) is 3.10. The van der Waals surface area contributed by atoms with Crippen molar-refractivity contribution in [2.45, 2.75) is 19.9 Å². The quantitative estimate of drug-likeness (QED) is 0.546. The number of rotatable bonds is 6. The van der Waals surface area contributed by atoms with E-state index in [4.69, 9.17) is 10.7 Å². The van der Waals surface area contributed by atoms with Crippen molar-refractivity contribution in [3.8, 4) is 22.5 Å². The number of nitrogens with zero attached hydrogens (tertiary/aromatic N) is 6. The van der Waals surface area contributed by atoms with Crippen LogP contribution in [0.25, 0.3) is 33.7 Å². The second-order valence-corrected chi connectivity index (χ2v) is 7.29. The van der Waals surface area contributed by atoms with Gasteiger partial charge in [-0.1, -0.05) is 24.3 Å². The van der Waals surface area contributed by atoms with Crippen LogP contribution in [0.2, 0.25) is 0 Å². The third-order valence-corrected chi connectivity index (χ3v) is 5.00. The fraction of sp³-hybridized carbons (Fsp3) is 0.273. The number of aryl methyl sites for hydroxylation is 1. The number of imidazole rings is 1. The van der Waals surface area contributed by atoms with Gasteiger partial charge in [-0.25, -0.2) is 9.97 Å². The van der Waals surface area contributed by atoms with E-state index in [0.717, 1.165) is 53.2 Å². The summed E-state index contributed by atoms with van der Waals surface area (Å²) >= 11 is 0. The Morgan fingerprint density at radius 1 is 1.00 bits per heavy atom. The minimum absolute atomic E-state index is 0.252. The largest absolute Gasteiger partial charge is 0.368 e. The van der Waals surface area contributed by atoms with E-state index in [9.17, 15) is 0 Å². The van der Waals surface area contributed by atoms with Gasteiger partial charge >= 0.3 is 0 Å². The van der Waals surface area contributed by atoms with Gasteiger partial charge < -0.3 is 15.2 Å².